The minimum Gasteiger partial charge on any atom is -0.396 e. The van der Waals surface area contributed by atoms with Crippen LogP contribution < -0.4 is 5.32 Å². The van der Waals surface area contributed by atoms with Gasteiger partial charge in [-0.3, -0.25) is 0 Å². The van der Waals surface area contributed by atoms with Crippen molar-refractivity contribution in [3.05, 3.63) is 34.9 Å². The number of hydrogen-bond acceptors (Lipinski definition) is 2. The molecule has 0 aromatic heterocycles. The van der Waals surface area contributed by atoms with Crippen LogP contribution in [-0.4, -0.2) is 17.8 Å². The van der Waals surface area contributed by atoms with Gasteiger partial charge in [-0.15, -0.1) is 0 Å². The van der Waals surface area contributed by atoms with Gasteiger partial charge in [0.25, 0.3) is 0 Å². The van der Waals surface area contributed by atoms with Crippen LogP contribution in [0.2, 0.25) is 5.02 Å². The summed E-state index contributed by atoms with van der Waals surface area (Å²) in [5.74, 6) is 0.513. The minimum atomic E-state index is 0.231. The van der Waals surface area contributed by atoms with Crippen molar-refractivity contribution in [2.24, 2.45) is 5.92 Å². The largest absolute Gasteiger partial charge is 0.396 e. The van der Waals surface area contributed by atoms with E-state index in [0.29, 0.717) is 18.0 Å². The zero-order valence-electron chi connectivity index (χ0n) is 12.2. The molecule has 0 fully saturated rings. The first-order valence-electron chi connectivity index (χ1n) is 7.20. The molecule has 1 aromatic rings. The highest BCUT2D eigenvalue weighted by Crippen LogP contribution is 2.23. The molecule has 0 bridgehead atoms. The second-order valence-electron chi connectivity index (χ2n) is 5.42. The summed E-state index contributed by atoms with van der Waals surface area (Å²) in [6.07, 6.45) is 3.02. The molecule has 0 spiro atoms. The lowest BCUT2D eigenvalue weighted by molar-refractivity contribution is 0.232. The number of rotatable bonds is 8. The van der Waals surface area contributed by atoms with E-state index in [4.69, 9.17) is 11.6 Å². The molecule has 3 heteroatoms. The Morgan fingerprint density at radius 1 is 1.16 bits per heavy atom. The fourth-order valence-corrected chi connectivity index (χ4v) is 2.46. The van der Waals surface area contributed by atoms with Crippen molar-refractivity contribution in [2.75, 3.05) is 6.61 Å². The van der Waals surface area contributed by atoms with E-state index in [-0.39, 0.29) is 6.61 Å². The van der Waals surface area contributed by atoms with Crippen LogP contribution in [0.1, 0.15) is 51.6 Å². The second-order valence-corrected chi connectivity index (χ2v) is 5.86. The summed E-state index contributed by atoms with van der Waals surface area (Å²) in [7, 11) is 0. The normalized spacial score (nSPS) is 14.6. The molecule has 1 aromatic carbocycles. The van der Waals surface area contributed by atoms with Crippen LogP contribution in [0.4, 0.5) is 0 Å². The lowest BCUT2D eigenvalue weighted by Gasteiger charge is -2.28. The first kappa shape index (κ1) is 16.5. The average Bonchev–Trinajstić information content (AvgIpc) is 2.38. The van der Waals surface area contributed by atoms with E-state index < -0.39 is 0 Å². The fourth-order valence-electron chi connectivity index (χ4n) is 2.34. The topological polar surface area (TPSA) is 32.3 Å². The van der Waals surface area contributed by atoms with Crippen LogP contribution in [0.15, 0.2) is 24.3 Å². The van der Waals surface area contributed by atoms with E-state index in [1.807, 2.05) is 12.1 Å². The molecule has 2 unspecified atom stereocenters. The maximum atomic E-state index is 9.18. The maximum absolute atomic E-state index is 9.18. The third-order valence-electron chi connectivity index (χ3n) is 3.51. The number of hydrogen-bond donors (Lipinski definition) is 2. The zero-order chi connectivity index (χ0) is 14.3. The van der Waals surface area contributed by atoms with Gasteiger partial charge in [0.05, 0.1) is 0 Å². The van der Waals surface area contributed by atoms with E-state index >= 15 is 0 Å². The van der Waals surface area contributed by atoms with Crippen molar-refractivity contribution in [1.29, 1.82) is 0 Å². The Hall–Kier alpha value is -0.570. The molecule has 0 heterocycles. The summed E-state index contributed by atoms with van der Waals surface area (Å²) in [5.41, 5.74) is 1.27. The Balaban J connectivity index is 2.78. The molecular formula is C16H26ClNO. The second kappa shape index (κ2) is 8.57. The molecule has 0 radical (unpaired) electrons. The van der Waals surface area contributed by atoms with Gasteiger partial charge < -0.3 is 10.4 Å². The lowest BCUT2D eigenvalue weighted by Crippen LogP contribution is -2.37. The van der Waals surface area contributed by atoms with Crippen molar-refractivity contribution in [3.8, 4) is 0 Å². The van der Waals surface area contributed by atoms with Crippen molar-refractivity contribution in [1.82, 2.24) is 5.32 Å². The average molecular weight is 284 g/mol. The number of benzene rings is 1. The first-order chi connectivity index (χ1) is 9.08. The van der Waals surface area contributed by atoms with Crippen molar-refractivity contribution < 1.29 is 5.11 Å². The monoisotopic (exact) mass is 283 g/mol. The van der Waals surface area contributed by atoms with Crippen molar-refractivity contribution in [3.63, 3.8) is 0 Å². The van der Waals surface area contributed by atoms with Crippen LogP contribution in [-0.2, 0) is 0 Å². The summed E-state index contributed by atoms with van der Waals surface area (Å²) >= 11 is 5.95. The zero-order valence-corrected chi connectivity index (χ0v) is 13.0. The van der Waals surface area contributed by atoms with Gasteiger partial charge in [-0.25, -0.2) is 0 Å². The molecule has 2 atom stereocenters. The highest BCUT2D eigenvalue weighted by Gasteiger charge is 2.18. The Bertz CT molecular complexity index is 350. The molecule has 2 N–H and O–H groups in total. The van der Waals surface area contributed by atoms with Crippen molar-refractivity contribution in [2.45, 2.75) is 52.1 Å². The molecule has 0 saturated heterocycles. The first-order valence-corrected chi connectivity index (χ1v) is 7.58. The number of halogens is 1. The molecule has 108 valence electrons. The molecule has 0 aliphatic rings. The summed E-state index contributed by atoms with van der Waals surface area (Å²) in [4.78, 5) is 0. The Morgan fingerprint density at radius 3 is 2.26 bits per heavy atom. The van der Waals surface area contributed by atoms with Gasteiger partial charge in [0.2, 0.25) is 0 Å². The predicted octanol–water partition coefficient (Wildman–Crippen LogP) is 4.18. The Kier molecular flexibility index (Phi) is 7.44. The van der Waals surface area contributed by atoms with Crippen LogP contribution in [0, 0.1) is 5.92 Å². The van der Waals surface area contributed by atoms with Gasteiger partial charge in [0.1, 0.15) is 0 Å². The lowest BCUT2D eigenvalue weighted by atomic mass is 9.96. The predicted molar refractivity (Wildman–Crippen MR) is 82.6 cm³/mol. The van der Waals surface area contributed by atoms with E-state index in [0.717, 1.165) is 24.3 Å². The quantitative estimate of drug-likeness (QED) is 0.750. The molecular weight excluding hydrogens is 258 g/mol. The van der Waals surface area contributed by atoms with E-state index in [1.165, 1.54) is 5.56 Å². The number of aliphatic hydroxyl groups is 1. The Morgan fingerprint density at radius 2 is 1.79 bits per heavy atom. The smallest absolute Gasteiger partial charge is 0.0445 e. The van der Waals surface area contributed by atoms with Gasteiger partial charge in [-0.05, 0) is 36.5 Å². The SMILES string of the molecule is CCCC(NC(CCO)C(C)C)c1ccc(Cl)cc1. The van der Waals surface area contributed by atoms with E-state index in [9.17, 15) is 5.11 Å². The highest BCUT2D eigenvalue weighted by molar-refractivity contribution is 6.30. The molecule has 0 saturated carbocycles. The molecule has 2 nitrogen and oxygen atoms in total. The molecule has 0 aliphatic carbocycles. The van der Waals surface area contributed by atoms with Crippen LogP contribution in [0.25, 0.3) is 0 Å². The molecule has 1 rings (SSSR count). The van der Waals surface area contributed by atoms with Crippen LogP contribution in [0.3, 0.4) is 0 Å². The third-order valence-corrected chi connectivity index (χ3v) is 3.76. The number of aliphatic hydroxyl groups excluding tert-OH is 1. The van der Waals surface area contributed by atoms with E-state index in [1.54, 1.807) is 0 Å². The summed E-state index contributed by atoms with van der Waals surface area (Å²) < 4.78 is 0. The minimum absolute atomic E-state index is 0.231. The summed E-state index contributed by atoms with van der Waals surface area (Å²) in [6.45, 7) is 6.81. The standard InChI is InChI=1S/C16H26ClNO/c1-4-5-16(13-6-8-14(17)9-7-13)18-15(10-11-19)12(2)3/h6-9,12,15-16,18-19H,4-5,10-11H2,1-3H3. The van der Waals surface area contributed by atoms with Gasteiger partial charge in [0.15, 0.2) is 0 Å². The van der Waals surface area contributed by atoms with Crippen molar-refractivity contribution >= 4 is 11.6 Å². The van der Waals surface area contributed by atoms with Crippen LogP contribution >= 0.6 is 11.6 Å². The van der Waals surface area contributed by atoms with E-state index in [2.05, 4.69) is 38.2 Å². The fraction of sp³-hybridized carbons (Fsp3) is 0.625. The van der Waals surface area contributed by atoms with Gasteiger partial charge in [-0.1, -0.05) is 50.9 Å². The summed E-state index contributed by atoms with van der Waals surface area (Å²) in [5, 5.41) is 13.6. The molecule has 0 amide bonds. The molecule has 19 heavy (non-hydrogen) atoms. The van der Waals surface area contributed by atoms with Gasteiger partial charge >= 0.3 is 0 Å². The molecule has 0 aliphatic heterocycles. The van der Waals surface area contributed by atoms with Gasteiger partial charge in [0, 0.05) is 23.7 Å². The highest BCUT2D eigenvalue weighted by atomic mass is 35.5. The third kappa shape index (κ3) is 5.52. The van der Waals surface area contributed by atoms with Crippen LogP contribution in [0.5, 0.6) is 0 Å². The van der Waals surface area contributed by atoms with Gasteiger partial charge in [-0.2, -0.15) is 0 Å². The summed E-state index contributed by atoms with van der Waals surface area (Å²) in [6, 6.07) is 8.74. The Labute approximate surface area is 122 Å². The number of nitrogens with one attached hydrogen (secondary N) is 1. The maximum Gasteiger partial charge on any atom is 0.0445 e.